The molecule has 1 rings (SSSR count). The Labute approximate surface area is 91.9 Å². The Hall–Kier alpha value is -2.35. The molecule has 16 heavy (non-hydrogen) atoms. The van der Waals surface area contributed by atoms with E-state index in [9.17, 15) is 9.59 Å². The number of hydrogen-bond acceptors (Lipinski definition) is 4. The largest absolute Gasteiger partial charge is 0.478 e. The molecule has 1 aromatic rings. The summed E-state index contributed by atoms with van der Waals surface area (Å²) in [4.78, 5) is 21.8. The number of hydrogen-bond donors (Lipinski definition) is 1. The van der Waals surface area contributed by atoms with Crippen molar-refractivity contribution in [3.8, 4) is 6.07 Å². The number of nitrogens with zero attached hydrogens (tertiary/aromatic N) is 1. The minimum absolute atomic E-state index is 0.102. The van der Waals surface area contributed by atoms with Crippen LogP contribution in [0.4, 0.5) is 0 Å². The zero-order valence-electron chi connectivity index (χ0n) is 8.51. The van der Waals surface area contributed by atoms with Crippen LogP contribution >= 0.6 is 0 Å². The van der Waals surface area contributed by atoms with E-state index in [1.54, 1.807) is 6.07 Å². The van der Waals surface area contributed by atoms with Crippen LogP contribution in [0, 0.1) is 11.3 Å². The van der Waals surface area contributed by atoms with Crippen LogP contribution in [0.5, 0.6) is 0 Å². The van der Waals surface area contributed by atoms with Gasteiger partial charge in [0.05, 0.1) is 18.7 Å². The number of methoxy groups -OCH3 is 1. The van der Waals surface area contributed by atoms with E-state index in [2.05, 4.69) is 4.74 Å². The second-order valence-corrected chi connectivity index (χ2v) is 3.01. The summed E-state index contributed by atoms with van der Waals surface area (Å²) in [5, 5.41) is 17.5. The van der Waals surface area contributed by atoms with Crippen molar-refractivity contribution >= 4 is 11.9 Å². The van der Waals surface area contributed by atoms with E-state index >= 15 is 0 Å². The maximum atomic E-state index is 11.2. The van der Waals surface area contributed by atoms with Gasteiger partial charge in [0.1, 0.15) is 0 Å². The molecule has 0 aliphatic heterocycles. The van der Waals surface area contributed by atoms with Gasteiger partial charge >= 0.3 is 11.9 Å². The fourth-order valence-corrected chi connectivity index (χ4v) is 1.20. The molecule has 0 fully saturated rings. The highest BCUT2D eigenvalue weighted by Crippen LogP contribution is 2.17. The lowest BCUT2D eigenvalue weighted by Crippen LogP contribution is -2.12. The highest BCUT2D eigenvalue weighted by molar-refractivity contribution is 5.88. The second kappa shape index (κ2) is 4.94. The van der Waals surface area contributed by atoms with E-state index in [0.29, 0.717) is 5.56 Å². The molecule has 0 radical (unpaired) electrons. The van der Waals surface area contributed by atoms with E-state index in [1.807, 2.05) is 0 Å². The molecule has 0 bridgehead atoms. The summed E-state index contributed by atoms with van der Waals surface area (Å²) >= 11 is 0. The van der Waals surface area contributed by atoms with Gasteiger partial charge in [-0.1, -0.05) is 12.1 Å². The normalized spacial score (nSPS) is 11.2. The summed E-state index contributed by atoms with van der Waals surface area (Å²) in [6, 6.07) is 7.32. The van der Waals surface area contributed by atoms with Gasteiger partial charge in [0.25, 0.3) is 0 Å². The number of benzene rings is 1. The molecule has 0 aromatic heterocycles. The second-order valence-electron chi connectivity index (χ2n) is 3.01. The Morgan fingerprint density at radius 2 is 1.94 bits per heavy atom. The monoisotopic (exact) mass is 219 g/mol. The van der Waals surface area contributed by atoms with Crippen LogP contribution in [-0.2, 0) is 9.53 Å². The standard InChI is InChI=1S/C11H9NO4/c1-16-11(15)9(6-12)7-2-4-8(5-3-7)10(13)14/h2-5,9H,1H3,(H,13,14). The number of nitriles is 1. The molecule has 0 amide bonds. The number of ether oxygens (including phenoxy) is 1. The van der Waals surface area contributed by atoms with Gasteiger partial charge in [0.2, 0.25) is 0 Å². The van der Waals surface area contributed by atoms with Crippen molar-refractivity contribution in [2.45, 2.75) is 5.92 Å². The van der Waals surface area contributed by atoms with E-state index in [-0.39, 0.29) is 5.56 Å². The molecule has 0 spiro atoms. The smallest absolute Gasteiger partial charge is 0.335 e. The fraction of sp³-hybridized carbons (Fsp3) is 0.182. The van der Waals surface area contributed by atoms with Crippen LogP contribution < -0.4 is 0 Å². The number of aromatic carboxylic acids is 1. The molecule has 1 aromatic carbocycles. The van der Waals surface area contributed by atoms with Crippen molar-refractivity contribution in [1.29, 1.82) is 5.26 Å². The number of carboxylic acids is 1. The molecular formula is C11H9NO4. The molecule has 0 aliphatic rings. The van der Waals surface area contributed by atoms with Gasteiger partial charge in [-0.25, -0.2) is 4.79 Å². The molecule has 0 aliphatic carbocycles. The molecule has 5 heteroatoms. The van der Waals surface area contributed by atoms with Crippen LogP contribution in [0.15, 0.2) is 24.3 Å². The summed E-state index contributed by atoms with van der Waals surface area (Å²) in [7, 11) is 1.19. The van der Waals surface area contributed by atoms with Crippen molar-refractivity contribution in [3.05, 3.63) is 35.4 Å². The van der Waals surface area contributed by atoms with Crippen molar-refractivity contribution < 1.29 is 19.4 Å². The van der Waals surface area contributed by atoms with Crippen molar-refractivity contribution in [3.63, 3.8) is 0 Å². The third-order valence-electron chi connectivity index (χ3n) is 2.06. The Morgan fingerprint density at radius 1 is 1.38 bits per heavy atom. The molecule has 5 nitrogen and oxygen atoms in total. The number of carbonyl (C=O) groups is 2. The topological polar surface area (TPSA) is 87.4 Å². The molecule has 0 saturated heterocycles. The van der Waals surface area contributed by atoms with Gasteiger partial charge in [-0.3, -0.25) is 4.79 Å². The van der Waals surface area contributed by atoms with Gasteiger partial charge < -0.3 is 9.84 Å². The molecule has 1 unspecified atom stereocenters. The zero-order chi connectivity index (χ0) is 12.1. The number of carboxylic acid groups (broad SMARTS) is 1. The van der Waals surface area contributed by atoms with Crippen molar-refractivity contribution in [1.82, 2.24) is 0 Å². The number of carbonyl (C=O) groups excluding carboxylic acids is 1. The summed E-state index contributed by atoms with van der Waals surface area (Å²) in [6.45, 7) is 0. The SMILES string of the molecule is COC(=O)C(C#N)c1ccc(C(=O)O)cc1. The predicted molar refractivity (Wildman–Crippen MR) is 53.8 cm³/mol. The third kappa shape index (κ3) is 2.36. The first kappa shape index (κ1) is 11.7. The summed E-state index contributed by atoms with van der Waals surface area (Å²) in [5.74, 6) is -2.74. The minimum Gasteiger partial charge on any atom is -0.478 e. The Kier molecular flexibility index (Phi) is 3.62. The third-order valence-corrected chi connectivity index (χ3v) is 2.06. The van der Waals surface area contributed by atoms with Gasteiger partial charge in [0, 0.05) is 0 Å². The lowest BCUT2D eigenvalue weighted by molar-refractivity contribution is -0.140. The maximum Gasteiger partial charge on any atom is 0.335 e. The van der Waals surface area contributed by atoms with Gasteiger partial charge in [-0.05, 0) is 17.7 Å². The molecule has 1 N–H and O–H groups in total. The van der Waals surface area contributed by atoms with E-state index < -0.39 is 17.9 Å². The Balaban J connectivity index is 3.01. The summed E-state index contributed by atoms with van der Waals surface area (Å²) in [6.07, 6.45) is 0. The molecular weight excluding hydrogens is 210 g/mol. The fourth-order valence-electron chi connectivity index (χ4n) is 1.20. The molecule has 0 heterocycles. The molecule has 82 valence electrons. The van der Waals surface area contributed by atoms with E-state index in [1.165, 1.54) is 31.4 Å². The summed E-state index contributed by atoms with van der Waals surface area (Å²) in [5.41, 5.74) is 0.518. The first-order chi connectivity index (χ1) is 7.60. The number of esters is 1. The van der Waals surface area contributed by atoms with Crippen LogP contribution in [0.1, 0.15) is 21.8 Å². The predicted octanol–water partition coefficient (Wildman–Crippen LogP) is 1.16. The average Bonchev–Trinajstić information content (AvgIpc) is 2.30. The van der Waals surface area contributed by atoms with Crippen LogP contribution in [0.3, 0.4) is 0 Å². The van der Waals surface area contributed by atoms with Crippen LogP contribution in [0.2, 0.25) is 0 Å². The molecule has 0 saturated carbocycles. The maximum absolute atomic E-state index is 11.2. The quantitative estimate of drug-likeness (QED) is 0.771. The molecule has 1 atom stereocenters. The average molecular weight is 219 g/mol. The first-order valence-corrected chi connectivity index (χ1v) is 4.41. The lowest BCUT2D eigenvalue weighted by Gasteiger charge is -2.06. The zero-order valence-corrected chi connectivity index (χ0v) is 8.51. The minimum atomic E-state index is -1.06. The van der Waals surface area contributed by atoms with E-state index in [4.69, 9.17) is 10.4 Å². The van der Waals surface area contributed by atoms with Gasteiger partial charge in [-0.15, -0.1) is 0 Å². The highest BCUT2D eigenvalue weighted by atomic mass is 16.5. The van der Waals surface area contributed by atoms with Crippen molar-refractivity contribution in [2.24, 2.45) is 0 Å². The number of rotatable bonds is 3. The van der Waals surface area contributed by atoms with E-state index in [0.717, 1.165) is 0 Å². The van der Waals surface area contributed by atoms with Crippen LogP contribution in [-0.4, -0.2) is 24.2 Å². The lowest BCUT2D eigenvalue weighted by atomic mass is 9.99. The highest BCUT2D eigenvalue weighted by Gasteiger charge is 2.20. The van der Waals surface area contributed by atoms with Gasteiger partial charge in [-0.2, -0.15) is 5.26 Å². The van der Waals surface area contributed by atoms with Crippen molar-refractivity contribution in [2.75, 3.05) is 7.11 Å². The summed E-state index contributed by atoms with van der Waals surface area (Å²) < 4.78 is 4.46. The Bertz CT molecular complexity index is 444. The Morgan fingerprint density at radius 3 is 2.31 bits per heavy atom. The van der Waals surface area contributed by atoms with Gasteiger partial charge in [0.15, 0.2) is 5.92 Å². The van der Waals surface area contributed by atoms with Crippen LogP contribution in [0.25, 0.3) is 0 Å². The first-order valence-electron chi connectivity index (χ1n) is 4.41.